The standard InChI is InChI=1S/C11H14BrN5/c1-2-3-13-11-6-14-10(5-15-11)8-17-7-9(12)4-16-17/h4-7H,2-3,8H2,1H3,(H,13,15). The smallest absolute Gasteiger partial charge is 0.144 e. The number of rotatable bonds is 5. The molecule has 0 aliphatic rings. The molecule has 17 heavy (non-hydrogen) atoms. The van der Waals surface area contributed by atoms with Crippen molar-refractivity contribution in [2.75, 3.05) is 11.9 Å². The van der Waals surface area contributed by atoms with Crippen molar-refractivity contribution in [2.45, 2.75) is 19.9 Å². The first-order chi connectivity index (χ1) is 8.28. The van der Waals surface area contributed by atoms with Crippen molar-refractivity contribution >= 4 is 21.7 Å². The van der Waals surface area contributed by atoms with E-state index in [1.807, 2.05) is 10.9 Å². The van der Waals surface area contributed by atoms with Crippen LogP contribution in [0.2, 0.25) is 0 Å². The molecule has 2 aromatic heterocycles. The first-order valence-corrected chi connectivity index (χ1v) is 6.30. The van der Waals surface area contributed by atoms with E-state index in [9.17, 15) is 0 Å². The van der Waals surface area contributed by atoms with Crippen LogP contribution in [-0.4, -0.2) is 26.3 Å². The van der Waals surface area contributed by atoms with Gasteiger partial charge >= 0.3 is 0 Å². The zero-order valence-corrected chi connectivity index (χ0v) is 11.2. The Balaban J connectivity index is 1.98. The van der Waals surface area contributed by atoms with E-state index < -0.39 is 0 Å². The molecule has 0 saturated heterocycles. The highest BCUT2D eigenvalue weighted by Gasteiger charge is 2.00. The number of nitrogens with one attached hydrogen (secondary N) is 1. The Morgan fingerprint density at radius 1 is 1.29 bits per heavy atom. The van der Waals surface area contributed by atoms with Crippen LogP contribution in [0.5, 0.6) is 0 Å². The van der Waals surface area contributed by atoms with Gasteiger partial charge in [-0.2, -0.15) is 5.10 Å². The number of hydrogen-bond acceptors (Lipinski definition) is 4. The molecule has 0 aromatic carbocycles. The zero-order valence-electron chi connectivity index (χ0n) is 9.60. The molecule has 0 fully saturated rings. The van der Waals surface area contributed by atoms with Crippen molar-refractivity contribution in [2.24, 2.45) is 0 Å². The van der Waals surface area contributed by atoms with E-state index in [0.29, 0.717) is 6.54 Å². The van der Waals surface area contributed by atoms with Gasteiger partial charge in [0.25, 0.3) is 0 Å². The molecule has 6 heteroatoms. The van der Waals surface area contributed by atoms with Crippen molar-refractivity contribution in [3.63, 3.8) is 0 Å². The second-order valence-electron chi connectivity index (χ2n) is 3.68. The van der Waals surface area contributed by atoms with E-state index >= 15 is 0 Å². The van der Waals surface area contributed by atoms with Crippen molar-refractivity contribution < 1.29 is 0 Å². The Morgan fingerprint density at radius 3 is 2.76 bits per heavy atom. The van der Waals surface area contributed by atoms with Gasteiger partial charge in [-0.1, -0.05) is 6.92 Å². The predicted octanol–water partition coefficient (Wildman–Crippen LogP) is 2.31. The minimum Gasteiger partial charge on any atom is -0.369 e. The van der Waals surface area contributed by atoms with Crippen LogP contribution in [0, 0.1) is 0 Å². The Hall–Kier alpha value is -1.43. The highest BCUT2D eigenvalue weighted by molar-refractivity contribution is 9.10. The molecule has 2 aromatic rings. The Bertz CT molecular complexity index is 465. The molecule has 90 valence electrons. The molecule has 0 saturated carbocycles. The van der Waals surface area contributed by atoms with Gasteiger partial charge in [0.15, 0.2) is 0 Å². The lowest BCUT2D eigenvalue weighted by atomic mass is 10.4. The molecule has 0 aliphatic heterocycles. The van der Waals surface area contributed by atoms with Gasteiger partial charge in [-0.3, -0.25) is 9.67 Å². The van der Waals surface area contributed by atoms with Crippen LogP contribution in [-0.2, 0) is 6.54 Å². The maximum absolute atomic E-state index is 4.34. The van der Waals surface area contributed by atoms with Crippen molar-refractivity contribution in [3.05, 3.63) is 35.0 Å². The summed E-state index contributed by atoms with van der Waals surface area (Å²) < 4.78 is 2.78. The topological polar surface area (TPSA) is 55.6 Å². The fraction of sp³-hybridized carbons (Fsp3) is 0.364. The van der Waals surface area contributed by atoms with Gasteiger partial charge in [0.1, 0.15) is 5.82 Å². The van der Waals surface area contributed by atoms with Crippen LogP contribution in [0.1, 0.15) is 19.0 Å². The number of hydrogen-bond donors (Lipinski definition) is 1. The SMILES string of the molecule is CCCNc1cnc(Cn2cc(Br)cn2)cn1. The minimum absolute atomic E-state index is 0.632. The maximum atomic E-state index is 4.34. The Morgan fingerprint density at radius 2 is 2.18 bits per heavy atom. The molecule has 0 bridgehead atoms. The molecule has 2 heterocycles. The molecule has 0 atom stereocenters. The van der Waals surface area contributed by atoms with Crippen molar-refractivity contribution in [3.8, 4) is 0 Å². The summed E-state index contributed by atoms with van der Waals surface area (Å²) in [6, 6.07) is 0. The Labute approximate surface area is 108 Å². The summed E-state index contributed by atoms with van der Waals surface area (Å²) >= 11 is 3.36. The van der Waals surface area contributed by atoms with Crippen molar-refractivity contribution in [1.29, 1.82) is 0 Å². The van der Waals surface area contributed by atoms with Crippen LogP contribution in [0.25, 0.3) is 0 Å². The second kappa shape index (κ2) is 5.77. The number of anilines is 1. The Kier molecular flexibility index (Phi) is 4.08. The molecule has 0 spiro atoms. The largest absolute Gasteiger partial charge is 0.369 e. The van der Waals surface area contributed by atoms with Gasteiger partial charge in [-0.15, -0.1) is 0 Å². The normalized spacial score (nSPS) is 10.5. The molecular formula is C11H14BrN5. The van der Waals surface area contributed by atoms with Crippen LogP contribution < -0.4 is 5.32 Å². The molecule has 0 unspecified atom stereocenters. The van der Waals surface area contributed by atoms with E-state index in [-0.39, 0.29) is 0 Å². The van der Waals surface area contributed by atoms with Gasteiger partial charge in [0.2, 0.25) is 0 Å². The van der Waals surface area contributed by atoms with E-state index in [1.165, 1.54) is 0 Å². The summed E-state index contributed by atoms with van der Waals surface area (Å²) in [5.74, 6) is 0.817. The van der Waals surface area contributed by atoms with Crippen LogP contribution in [0.15, 0.2) is 29.3 Å². The quantitative estimate of drug-likeness (QED) is 0.920. The van der Waals surface area contributed by atoms with Gasteiger partial charge < -0.3 is 5.32 Å². The van der Waals surface area contributed by atoms with Crippen LogP contribution >= 0.6 is 15.9 Å². The summed E-state index contributed by atoms with van der Waals surface area (Å²) in [4.78, 5) is 8.63. The fourth-order valence-corrected chi connectivity index (χ4v) is 1.70. The summed E-state index contributed by atoms with van der Waals surface area (Å²) in [6.45, 7) is 3.66. The lowest BCUT2D eigenvalue weighted by Gasteiger charge is -2.04. The third-order valence-corrected chi connectivity index (χ3v) is 2.60. The van der Waals surface area contributed by atoms with Gasteiger partial charge in [0, 0.05) is 12.7 Å². The predicted molar refractivity (Wildman–Crippen MR) is 69.8 cm³/mol. The maximum Gasteiger partial charge on any atom is 0.144 e. The highest BCUT2D eigenvalue weighted by atomic mass is 79.9. The van der Waals surface area contributed by atoms with E-state index in [0.717, 1.165) is 29.0 Å². The summed E-state index contributed by atoms with van der Waals surface area (Å²) in [6.07, 6.45) is 8.26. The van der Waals surface area contributed by atoms with Gasteiger partial charge in [-0.25, -0.2) is 4.98 Å². The summed E-state index contributed by atoms with van der Waals surface area (Å²) in [5, 5.41) is 7.36. The minimum atomic E-state index is 0.632. The molecule has 0 aliphatic carbocycles. The fourth-order valence-electron chi connectivity index (χ4n) is 1.37. The lowest BCUT2D eigenvalue weighted by molar-refractivity contribution is 0.669. The van der Waals surface area contributed by atoms with E-state index in [1.54, 1.807) is 18.6 Å². The summed E-state index contributed by atoms with van der Waals surface area (Å²) in [5.41, 5.74) is 0.891. The summed E-state index contributed by atoms with van der Waals surface area (Å²) in [7, 11) is 0. The molecule has 1 N–H and O–H groups in total. The van der Waals surface area contributed by atoms with Crippen molar-refractivity contribution in [1.82, 2.24) is 19.7 Å². The molecule has 0 radical (unpaired) electrons. The second-order valence-corrected chi connectivity index (χ2v) is 4.59. The number of halogens is 1. The van der Waals surface area contributed by atoms with Gasteiger partial charge in [0.05, 0.1) is 35.3 Å². The number of aromatic nitrogens is 4. The van der Waals surface area contributed by atoms with E-state index in [2.05, 4.69) is 43.2 Å². The van der Waals surface area contributed by atoms with Gasteiger partial charge in [-0.05, 0) is 22.4 Å². The third kappa shape index (κ3) is 3.52. The first kappa shape index (κ1) is 12.0. The molecule has 0 amide bonds. The molecule has 2 rings (SSSR count). The highest BCUT2D eigenvalue weighted by Crippen LogP contribution is 2.08. The lowest BCUT2D eigenvalue weighted by Crippen LogP contribution is -2.06. The van der Waals surface area contributed by atoms with Crippen LogP contribution in [0.3, 0.4) is 0 Å². The molecular weight excluding hydrogens is 282 g/mol. The average molecular weight is 296 g/mol. The van der Waals surface area contributed by atoms with Crippen LogP contribution in [0.4, 0.5) is 5.82 Å². The third-order valence-electron chi connectivity index (χ3n) is 2.19. The zero-order chi connectivity index (χ0) is 12.1. The van der Waals surface area contributed by atoms with E-state index in [4.69, 9.17) is 0 Å². The monoisotopic (exact) mass is 295 g/mol. The first-order valence-electron chi connectivity index (χ1n) is 5.50. The average Bonchev–Trinajstić information content (AvgIpc) is 2.74. The number of nitrogens with zero attached hydrogens (tertiary/aromatic N) is 4. The molecule has 5 nitrogen and oxygen atoms in total.